The van der Waals surface area contributed by atoms with Crippen molar-refractivity contribution >= 4 is 29.3 Å². The van der Waals surface area contributed by atoms with Crippen molar-refractivity contribution in [2.24, 2.45) is 0 Å². The average molecular weight is 404 g/mol. The molecule has 5 rings (SSSR count). The predicted octanol–water partition coefficient (Wildman–Crippen LogP) is 0.850. The van der Waals surface area contributed by atoms with Gasteiger partial charge in [-0.15, -0.1) is 0 Å². The fourth-order valence-corrected chi connectivity index (χ4v) is 3.69. The molecule has 150 valence electrons. The maximum Gasteiger partial charge on any atom is 0.489 e. The van der Waals surface area contributed by atoms with Gasteiger partial charge < -0.3 is 20.7 Å². The van der Waals surface area contributed by atoms with Crippen LogP contribution in [0.2, 0.25) is 0 Å². The Hall–Kier alpha value is -3.34. The summed E-state index contributed by atoms with van der Waals surface area (Å²) in [5.41, 5.74) is 3.68. The first-order valence-electron chi connectivity index (χ1n) is 9.52. The van der Waals surface area contributed by atoms with Crippen molar-refractivity contribution in [3.8, 4) is 5.95 Å². The standard InChI is InChI=1S/C20H18BFN6O2/c22-13-4-1-3-12(7-13)8-24-19-15-9-23-11-17(15)26-20(27-19)28-18-6-2-5-16(21(29)30)14(18)10-25-28/h1-7,10,23,29-30H,8-9,11H2,(H,24,26,27). The van der Waals surface area contributed by atoms with Crippen LogP contribution < -0.4 is 16.1 Å². The molecule has 2 aromatic heterocycles. The van der Waals surface area contributed by atoms with E-state index in [1.165, 1.54) is 12.1 Å². The summed E-state index contributed by atoms with van der Waals surface area (Å²) in [6.07, 6.45) is 1.57. The number of hydrogen-bond donors (Lipinski definition) is 4. The van der Waals surface area contributed by atoms with Gasteiger partial charge in [0.25, 0.3) is 5.95 Å². The maximum atomic E-state index is 13.5. The number of aromatic nitrogens is 4. The molecule has 0 spiro atoms. The second-order valence-corrected chi connectivity index (χ2v) is 7.09. The Morgan fingerprint density at radius 2 is 2.00 bits per heavy atom. The van der Waals surface area contributed by atoms with Crippen LogP contribution in [0.1, 0.15) is 16.8 Å². The third kappa shape index (κ3) is 3.30. The second kappa shape index (κ2) is 7.49. The van der Waals surface area contributed by atoms with E-state index < -0.39 is 7.12 Å². The number of halogens is 1. The van der Waals surface area contributed by atoms with E-state index >= 15 is 0 Å². The molecule has 10 heteroatoms. The normalized spacial score (nSPS) is 12.9. The highest BCUT2D eigenvalue weighted by Gasteiger charge is 2.22. The molecule has 0 aliphatic carbocycles. The fourth-order valence-electron chi connectivity index (χ4n) is 3.69. The van der Waals surface area contributed by atoms with Gasteiger partial charge in [0.1, 0.15) is 11.6 Å². The molecule has 0 saturated carbocycles. The zero-order chi connectivity index (χ0) is 20.7. The zero-order valence-electron chi connectivity index (χ0n) is 15.9. The third-order valence-electron chi connectivity index (χ3n) is 5.14. The number of nitrogens with one attached hydrogen (secondary N) is 2. The van der Waals surface area contributed by atoms with E-state index in [4.69, 9.17) is 0 Å². The summed E-state index contributed by atoms with van der Waals surface area (Å²) in [6.45, 7) is 1.67. The smallest absolute Gasteiger partial charge is 0.423 e. The molecule has 0 unspecified atom stereocenters. The fraction of sp³-hybridized carbons (Fsp3) is 0.150. The van der Waals surface area contributed by atoms with Crippen molar-refractivity contribution in [2.75, 3.05) is 5.32 Å². The van der Waals surface area contributed by atoms with Crippen LogP contribution in [0.4, 0.5) is 10.2 Å². The minimum absolute atomic E-state index is 0.283. The van der Waals surface area contributed by atoms with Crippen LogP contribution in [0.15, 0.2) is 48.7 Å². The molecular formula is C20H18BFN6O2. The van der Waals surface area contributed by atoms with Gasteiger partial charge in [-0.05, 0) is 29.2 Å². The van der Waals surface area contributed by atoms with Crippen LogP contribution in [0.3, 0.4) is 0 Å². The van der Waals surface area contributed by atoms with Crippen LogP contribution in [0.5, 0.6) is 0 Å². The lowest BCUT2D eigenvalue weighted by Crippen LogP contribution is -2.30. The van der Waals surface area contributed by atoms with Crippen LogP contribution >= 0.6 is 0 Å². The number of anilines is 1. The van der Waals surface area contributed by atoms with Crippen molar-refractivity contribution < 1.29 is 14.4 Å². The first-order chi connectivity index (χ1) is 14.6. The van der Waals surface area contributed by atoms with Crippen molar-refractivity contribution in [1.82, 2.24) is 25.1 Å². The Morgan fingerprint density at radius 1 is 1.13 bits per heavy atom. The number of hydrogen-bond acceptors (Lipinski definition) is 7. The molecule has 0 amide bonds. The Bertz CT molecular complexity index is 1250. The van der Waals surface area contributed by atoms with Gasteiger partial charge in [0.15, 0.2) is 0 Å². The van der Waals surface area contributed by atoms with E-state index in [2.05, 4.69) is 25.7 Å². The molecule has 4 N–H and O–H groups in total. The molecule has 2 aromatic carbocycles. The second-order valence-electron chi connectivity index (χ2n) is 7.09. The summed E-state index contributed by atoms with van der Waals surface area (Å²) in [6, 6.07) is 11.6. The van der Waals surface area contributed by atoms with Crippen LogP contribution in [0, 0.1) is 5.82 Å². The van der Waals surface area contributed by atoms with Gasteiger partial charge in [0, 0.05) is 30.6 Å². The number of benzene rings is 2. The van der Waals surface area contributed by atoms with Gasteiger partial charge in [-0.1, -0.05) is 24.3 Å². The molecule has 0 atom stereocenters. The monoisotopic (exact) mass is 404 g/mol. The molecule has 8 nitrogen and oxygen atoms in total. The van der Waals surface area contributed by atoms with Gasteiger partial charge in [0.2, 0.25) is 0 Å². The molecule has 1 aliphatic heterocycles. The summed E-state index contributed by atoms with van der Waals surface area (Å²) in [5.74, 6) is 0.750. The lowest BCUT2D eigenvalue weighted by atomic mass is 9.78. The van der Waals surface area contributed by atoms with Gasteiger partial charge >= 0.3 is 7.12 Å². The molecule has 30 heavy (non-hydrogen) atoms. The van der Waals surface area contributed by atoms with E-state index in [0.29, 0.717) is 47.8 Å². The van der Waals surface area contributed by atoms with Gasteiger partial charge in [-0.3, -0.25) is 0 Å². The Balaban J connectivity index is 1.55. The van der Waals surface area contributed by atoms with Crippen LogP contribution in [-0.4, -0.2) is 36.9 Å². The molecule has 3 heterocycles. The molecule has 1 aliphatic rings. The summed E-state index contributed by atoms with van der Waals surface area (Å²) in [7, 11) is -1.60. The molecule has 0 radical (unpaired) electrons. The zero-order valence-corrected chi connectivity index (χ0v) is 15.9. The average Bonchev–Trinajstić information content (AvgIpc) is 3.38. The van der Waals surface area contributed by atoms with E-state index in [9.17, 15) is 14.4 Å². The summed E-state index contributed by atoms with van der Waals surface area (Å²) >= 11 is 0. The highest BCUT2D eigenvalue weighted by molar-refractivity contribution is 6.61. The predicted molar refractivity (Wildman–Crippen MR) is 111 cm³/mol. The van der Waals surface area contributed by atoms with Gasteiger partial charge in [0.05, 0.1) is 17.4 Å². The quantitative estimate of drug-likeness (QED) is 0.366. The van der Waals surface area contributed by atoms with Crippen LogP contribution in [-0.2, 0) is 19.6 Å². The third-order valence-corrected chi connectivity index (χ3v) is 5.14. The molecule has 4 aromatic rings. The maximum absolute atomic E-state index is 13.5. The number of rotatable bonds is 5. The molecular weight excluding hydrogens is 386 g/mol. The van der Waals surface area contributed by atoms with Crippen LogP contribution in [0.25, 0.3) is 16.9 Å². The summed E-state index contributed by atoms with van der Waals surface area (Å²) in [4.78, 5) is 9.32. The minimum Gasteiger partial charge on any atom is -0.423 e. The largest absolute Gasteiger partial charge is 0.489 e. The van der Waals surface area contributed by atoms with E-state index in [1.54, 1.807) is 29.1 Å². The molecule has 0 saturated heterocycles. The summed E-state index contributed by atoms with van der Waals surface area (Å²) < 4.78 is 15.1. The van der Waals surface area contributed by atoms with Crippen molar-refractivity contribution in [3.05, 3.63) is 71.3 Å². The van der Waals surface area contributed by atoms with Crippen molar-refractivity contribution in [2.45, 2.75) is 19.6 Å². The SMILES string of the molecule is OB(O)c1cccc2c1cnn2-c1nc2c(c(NCc3cccc(F)c3)n1)CNC2. The van der Waals surface area contributed by atoms with Gasteiger partial charge in [-0.25, -0.2) is 9.37 Å². The highest BCUT2D eigenvalue weighted by Crippen LogP contribution is 2.24. The van der Waals surface area contributed by atoms with Gasteiger partial charge in [-0.2, -0.15) is 14.8 Å². The lowest BCUT2D eigenvalue weighted by molar-refractivity contribution is 0.426. The lowest BCUT2D eigenvalue weighted by Gasteiger charge is -2.12. The number of fused-ring (bicyclic) bond motifs is 2. The number of nitrogens with zero attached hydrogens (tertiary/aromatic N) is 4. The highest BCUT2D eigenvalue weighted by atomic mass is 19.1. The first kappa shape index (κ1) is 18.7. The summed E-state index contributed by atoms with van der Waals surface area (Å²) in [5, 5.41) is 30.8. The first-order valence-corrected chi connectivity index (χ1v) is 9.52. The van der Waals surface area contributed by atoms with Crippen molar-refractivity contribution in [3.63, 3.8) is 0 Å². The molecule has 0 bridgehead atoms. The Labute approximate surface area is 171 Å². The minimum atomic E-state index is -1.60. The Morgan fingerprint density at radius 3 is 2.83 bits per heavy atom. The topological polar surface area (TPSA) is 108 Å². The Kier molecular flexibility index (Phi) is 4.66. The van der Waals surface area contributed by atoms with E-state index in [-0.39, 0.29) is 5.82 Å². The van der Waals surface area contributed by atoms with E-state index in [0.717, 1.165) is 16.8 Å². The van der Waals surface area contributed by atoms with Crippen molar-refractivity contribution in [1.29, 1.82) is 0 Å². The van der Waals surface area contributed by atoms with E-state index in [1.807, 2.05) is 12.1 Å². The molecule has 0 fully saturated rings.